The quantitative estimate of drug-likeness (QED) is 0.464. The molecule has 0 unspecified atom stereocenters. The standard InChI is InChI=1S/C25H31F3N4OS/c1-16-9-19-18-5-2-3-6-20(18)30-23(19)24(32(16)14-25(27,28)15-33)21-11-29-22(34-21)10-17-12-31(13-17)8-4-7-26/h2-3,5-6,11,16-17,24,30,33H,4,7-10,12-15H2,1H3/t16-,24-/m1/s1. The van der Waals surface area contributed by atoms with Gasteiger partial charge in [0.05, 0.1) is 24.3 Å². The monoisotopic (exact) mass is 492 g/mol. The Balaban J connectivity index is 1.43. The van der Waals surface area contributed by atoms with E-state index in [1.165, 1.54) is 5.56 Å². The summed E-state index contributed by atoms with van der Waals surface area (Å²) in [5.74, 6) is -2.68. The molecule has 34 heavy (non-hydrogen) atoms. The first-order chi connectivity index (χ1) is 16.4. The molecule has 5 nitrogen and oxygen atoms in total. The van der Waals surface area contributed by atoms with E-state index in [1.54, 1.807) is 11.3 Å². The summed E-state index contributed by atoms with van der Waals surface area (Å²) >= 11 is 1.59. The van der Waals surface area contributed by atoms with Gasteiger partial charge in [-0.25, -0.2) is 13.8 Å². The third-order valence-electron chi connectivity index (χ3n) is 7.11. The Hall–Kier alpha value is -1.94. The van der Waals surface area contributed by atoms with E-state index >= 15 is 0 Å². The Morgan fingerprint density at radius 1 is 1.26 bits per heavy atom. The number of benzene rings is 1. The zero-order valence-electron chi connectivity index (χ0n) is 19.3. The van der Waals surface area contributed by atoms with E-state index in [-0.39, 0.29) is 18.8 Å². The highest BCUT2D eigenvalue weighted by Crippen LogP contribution is 2.43. The lowest BCUT2D eigenvalue weighted by atomic mass is 9.91. The van der Waals surface area contributed by atoms with Crippen molar-refractivity contribution >= 4 is 22.2 Å². The van der Waals surface area contributed by atoms with E-state index in [0.29, 0.717) is 18.8 Å². The summed E-state index contributed by atoms with van der Waals surface area (Å²) in [4.78, 5) is 13.2. The number of halogens is 3. The van der Waals surface area contributed by atoms with Crippen molar-refractivity contribution in [2.75, 3.05) is 39.5 Å². The predicted octanol–water partition coefficient (Wildman–Crippen LogP) is 4.42. The molecule has 0 radical (unpaired) electrons. The second kappa shape index (κ2) is 9.60. The van der Waals surface area contributed by atoms with Crippen LogP contribution < -0.4 is 0 Å². The first-order valence-electron chi connectivity index (χ1n) is 12.0. The molecule has 5 rings (SSSR count). The zero-order valence-corrected chi connectivity index (χ0v) is 20.1. The summed E-state index contributed by atoms with van der Waals surface area (Å²) in [5, 5.41) is 11.4. The fourth-order valence-electron chi connectivity index (χ4n) is 5.44. The number of fused-ring (bicyclic) bond motifs is 3. The third kappa shape index (κ3) is 4.63. The number of H-pyrrole nitrogens is 1. The van der Waals surface area contributed by atoms with E-state index in [4.69, 9.17) is 0 Å². The normalized spacial score (nSPS) is 22.3. The number of hydrogen-bond acceptors (Lipinski definition) is 5. The van der Waals surface area contributed by atoms with Crippen molar-refractivity contribution in [3.63, 3.8) is 0 Å². The highest BCUT2D eigenvalue weighted by molar-refractivity contribution is 7.11. The second-order valence-electron chi connectivity index (χ2n) is 9.73. The minimum absolute atomic E-state index is 0.115. The van der Waals surface area contributed by atoms with E-state index in [1.807, 2.05) is 36.2 Å². The molecular weight excluding hydrogens is 461 g/mol. The maximum Gasteiger partial charge on any atom is 0.283 e. The van der Waals surface area contributed by atoms with E-state index < -0.39 is 19.1 Å². The molecule has 0 spiro atoms. The second-order valence-corrected chi connectivity index (χ2v) is 10.9. The number of para-hydroxylation sites is 1. The highest BCUT2D eigenvalue weighted by atomic mass is 32.1. The summed E-state index contributed by atoms with van der Waals surface area (Å²) in [6.45, 7) is 2.73. The number of nitrogens with zero attached hydrogens (tertiary/aromatic N) is 3. The van der Waals surface area contributed by atoms with Crippen molar-refractivity contribution in [3.05, 3.63) is 51.6 Å². The molecule has 0 bridgehead atoms. The first-order valence-corrected chi connectivity index (χ1v) is 12.8. The van der Waals surface area contributed by atoms with Crippen LogP contribution in [0.2, 0.25) is 0 Å². The number of nitrogens with one attached hydrogen (secondary N) is 1. The summed E-state index contributed by atoms with van der Waals surface area (Å²) in [6, 6.07) is 7.59. The molecular formula is C25H31F3N4OS. The van der Waals surface area contributed by atoms with Crippen LogP contribution in [0.4, 0.5) is 13.2 Å². The summed E-state index contributed by atoms with van der Waals surface area (Å²) in [5.41, 5.74) is 3.13. The van der Waals surface area contributed by atoms with Gasteiger partial charge in [0.25, 0.3) is 5.92 Å². The number of aromatic amines is 1. The molecule has 0 amide bonds. The van der Waals surface area contributed by atoms with Crippen molar-refractivity contribution in [2.24, 2.45) is 5.92 Å². The minimum Gasteiger partial charge on any atom is -0.390 e. The number of aliphatic hydroxyl groups is 1. The van der Waals surface area contributed by atoms with Crippen LogP contribution >= 0.6 is 11.3 Å². The van der Waals surface area contributed by atoms with Crippen molar-refractivity contribution in [2.45, 2.75) is 44.2 Å². The fourth-order valence-corrected chi connectivity index (χ4v) is 6.61. The summed E-state index contributed by atoms with van der Waals surface area (Å²) in [6.07, 6.45) is 3.93. The molecule has 0 aliphatic carbocycles. The summed E-state index contributed by atoms with van der Waals surface area (Å²) in [7, 11) is 0. The molecule has 3 aromatic rings. The van der Waals surface area contributed by atoms with Crippen molar-refractivity contribution in [1.82, 2.24) is 19.8 Å². The number of aliphatic hydroxyl groups excluding tert-OH is 1. The lowest BCUT2D eigenvalue weighted by molar-refractivity contribution is -0.0862. The van der Waals surface area contributed by atoms with E-state index in [0.717, 1.165) is 52.5 Å². The number of aromatic nitrogens is 2. The van der Waals surface area contributed by atoms with Gasteiger partial charge >= 0.3 is 0 Å². The lowest BCUT2D eigenvalue weighted by Crippen LogP contribution is -2.49. The molecule has 9 heteroatoms. The van der Waals surface area contributed by atoms with Crippen LogP contribution in [0.3, 0.4) is 0 Å². The van der Waals surface area contributed by atoms with Gasteiger partial charge in [0.1, 0.15) is 6.61 Å². The Morgan fingerprint density at radius 2 is 2.06 bits per heavy atom. The van der Waals surface area contributed by atoms with Gasteiger partial charge in [-0.1, -0.05) is 18.2 Å². The van der Waals surface area contributed by atoms with Crippen LogP contribution in [0.1, 0.15) is 40.5 Å². The van der Waals surface area contributed by atoms with Gasteiger partial charge in [-0.3, -0.25) is 9.29 Å². The summed E-state index contributed by atoms with van der Waals surface area (Å²) < 4.78 is 41.2. The predicted molar refractivity (Wildman–Crippen MR) is 128 cm³/mol. The Bertz CT molecular complexity index is 1130. The SMILES string of the molecule is C[C@@H]1Cc2c([nH]c3ccccc23)[C@@H](c2cnc(CC3CN(CCCF)C3)s2)N1CC(F)(F)CO. The maximum absolute atomic E-state index is 14.4. The largest absolute Gasteiger partial charge is 0.390 e. The molecule has 2 aliphatic heterocycles. The van der Waals surface area contributed by atoms with Gasteiger partial charge < -0.3 is 15.0 Å². The number of hydrogen-bond donors (Lipinski definition) is 2. The van der Waals surface area contributed by atoms with Gasteiger partial charge in [-0.05, 0) is 37.3 Å². The number of alkyl halides is 3. The molecule has 1 fully saturated rings. The zero-order chi connectivity index (χ0) is 23.9. The Labute approximate surface area is 201 Å². The Morgan fingerprint density at radius 3 is 2.82 bits per heavy atom. The molecule has 1 aromatic carbocycles. The molecule has 2 aromatic heterocycles. The lowest BCUT2D eigenvalue weighted by Gasteiger charge is -2.41. The van der Waals surface area contributed by atoms with Crippen molar-refractivity contribution in [1.29, 1.82) is 0 Å². The molecule has 0 saturated carbocycles. The maximum atomic E-state index is 14.4. The average molecular weight is 493 g/mol. The number of rotatable bonds is 9. The van der Waals surface area contributed by atoms with E-state index in [9.17, 15) is 18.3 Å². The Kier molecular flexibility index (Phi) is 6.72. The van der Waals surface area contributed by atoms with Gasteiger partial charge in [-0.15, -0.1) is 11.3 Å². The van der Waals surface area contributed by atoms with Gasteiger partial charge in [-0.2, -0.15) is 0 Å². The van der Waals surface area contributed by atoms with Crippen LogP contribution in [-0.4, -0.2) is 76.3 Å². The van der Waals surface area contributed by atoms with Gasteiger partial charge in [0.15, 0.2) is 0 Å². The smallest absolute Gasteiger partial charge is 0.283 e. The number of likely N-dealkylation sites (tertiary alicyclic amines) is 1. The molecule has 2 N–H and O–H groups in total. The topological polar surface area (TPSA) is 55.4 Å². The molecule has 1 saturated heterocycles. The van der Waals surface area contributed by atoms with Crippen LogP contribution in [0.15, 0.2) is 30.5 Å². The molecule has 2 aliphatic rings. The van der Waals surface area contributed by atoms with E-state index in [2.05, 4.69) is 20.9 Å². The van der Waals surface area contributed by atoms with Crippen molar-refractivity contribution < 1.29 is 18.3 Å². The molecule has 4 heterocycles. The molecule has 184 valence electrons. The van der Waals surface area contributed by atoms with Gasteiger partial charge in [0.2, 0.25) is 0 Å². The minimum atomic E-state index is -3.18. The van der Waals surface area contributed by atoms with Gasteiger partial charge in [0, 0.05) is 59.8 Å². The highest BCUT2D eigenvalue weighted by Gasteiger charge is 2.42. The van der Waals surface area contributed by atoms with Crippen molar-refractivity contribution in [3.8, 4) is 0 Å². The van der Waals surface area contributed by atoms with Crippen LogP contribution in [0.25, 0.3) is 10.9 Å². The van der Waals surface area contributed by atoms with Crippen LogP contribution in [0, 0.1) is 5.92 Å². The van der Waals surface area contributed by atoms with Crippen LogP contribution in [0.5, 0.6) is 0 Å². The number of thiazole rings is 1. The first kappa shape index (κ1) is 23.8. The molecule has 2 atom stereocenters. The van der Waals surface area contributed by atoms with Crippen LogP contribution in [-0.2, 0) is 12.8 Å². The average Bonchev–Trinajstić information content (AvgIpc) is 3.40. The fraction of sp³-hybridized carbons (Fsp3) is 0.560. The third-order valence-corrected chi connectivity index (χ3v) is 8.18.